The second-order valence-electron chi connectivity index (χ2n) is 5.89. The average molecular weight is 247 g/mol. The summed E-state index contributed by atoms with van der Waals surface area (Å²) in [5, 5.41) is 6.46. The number of piperazine rings is 1. The summed E-state index contributed by atoms with van der Waals surface area (Å²) in [5.41, 5.74) is 2.27. The minimum atomic E-state index is -0.484. The van der Waals surface area contributed by atoms with E-state index in [4.69, 9.17) is 0 Å². The Morgan fingerprint density at radius 2 is 2.17 bits per heavy atom. The van der Waals surface area contributed by atoms with Gasteiger partial charge in [-0.05, 0) is 45.2 Å². The Balaban J connectivity index is 1.87. The number of fused-ring (bicyclic) bond motifs is 1. The number of nitrogens with one attached hydrogen (secondary N) is 2. The zero-order chi connectivity index (χ0) is 12.8. The molecule has 2 aliphatic heterocycles. The fraction of sp³-hybridized carbons (Fsp3) is 0.643. The fourth-order valence-corrected chi connectivity index (χ4v) is 3.05. The molecule has 0 aliphatic carbocycles. The van der Waals surface area contributed by atoms with Gasteiger partial charge in [-0.2, -0.15) is 0 Å². The molecule has 2 aliphatic rings. The third-order valence-corrected chi connectivity index (χ3v) is 4.10. The quantitative estimate of drug-likeness (QED) is 0.787. The van der Waals surface area contributed by atoms with Crippen LogP contribution in [0.15, 0.2) is 12.1 Å². The van der Waals surface area contributed by atoms with Crippen molar-refractivity contribution in [1.82, 2.24) is 15.2 Å². The van der Waals surface area contributed by atoms with E-state index in [2.05, 4.69) is 27.3 Å². The van der Waals surface area contributed by atoms with Crippen molar-refractivity contribution >= 4 is 5.91 Å². The molecule has 3 rings (SSSR count). The summed E-state index contributed by atoms with van der Waals surface area (Å²) in [7, 11) is 0. The maximum atomic E-state index is 11.7. The first kappa shape index (κ1) is 11.8. The van der Waals surface area contributed by atoms with Gasteiger partial charge in [0.15, 0.2) is 0 Å². The van der Waals surface area contributed by atoms with E-state index in [0.717, 1.165) is 6.54 Å². The largest absolute Gasteiger partial charge is 0.353 e. The molecular weight excluding hydrogens is 226 g/mol. The zero-order valence-electron chi connectivity index (χ0n) is 11.1. The van der Waals surface area contributed by atoms with Crippen LogP contribution in [0, 0.1) is 0 Å². The normalized spacial score (nSPS) is 26.6. The molecule has 4 nitrogen and oxygen atoms in total. The van der Waals surface area contributed by atoms with Gasteiger partial charge in [-0.15, -0.1) is 0 Å². The number of nitrogens with zero attached hydrogens (tertiary/aromatic N) is 1. The Morgan fingerprint density at radius 3 is 2.94 bits per heavy atom. The van der Waals surface area contributed by atoms with Crippen LogP contribution in [0.25, 0.3) is 0 Å². The summed E-state index contributed by atoms with van der Waals surface area (Å²) < 4.78 is 2.43. The van der Waals surface area contributed by atoms with E-state index in [-0.39, 0.29) is 11.9 Å². The lowest BCUT2D eigenvalue weighted by Crippen LogP contribution is -2.61. The van der Waals surface area contributed by atoms with E-state index in [9.17, 15) is 4.79 Å². The Hall–Kier alpha value is -1.29. The lowest BCUT2D eigenvalue weighted by Gasteiger charge is -2.37. The topological polar surface area (TPSA) is 46.1 Å². The van der Waals surface area contributed by atoms with E-state index in [1.165, 1.54) is 30.7 Å². The summed E-state index contributed by atoms with van der Waals surface area (Å²) in [4.78, 5) is 11.7. The SMILES string of the molecule is CC1(C)NC(c2ccc3n2CCCC3)CNC1=O. The molecular formula is C14H21N3O. The van der Waals surface area contributed by atoms with Crippen LogP contribution in [-0.2, 0) is 17.8 Å². The standard InChI is InChI=1S/C14H21N3O/c1-14(2)13(18)15-9-11(16-14)12-7-6-10-5-3-4-8-17(10)12/h6-7,11,16H,3-5,8-9H2,1-2H3,(H,15,18). The molecule has 18 heavy (non-hydrogen) atoms. The molecule has 4 heteroatoms. The van der Waals surface area contributed by atoms with Gasteiger partial charge in [0, 0.05) is 24.5 Å². The number of carbonyl (C=O) groups is 1. The number of aryl methyl sites for hydroxylation is 1. The lowest BCUT2D eigenvalue weighted by atomic mass is 9.97. The number of amides is 1. The van der Waals surface area contributed by atoms with Crippen LogP contribution in [0.2, 0.25) is 0 Å². The van der Waals surface area contributed by atoms with Gasteiger partial charge in [0.05, 0.1) is 11.6 Å². The molecule has 0 bridgehead atoms. The molecule has 1 atom stereocenters. The fourth-order valence-electron chi connectivity index (χ4n) is 3.05. The summed E-state index contributed by atoms with van der Waals surface area (Å²) in [6.45, 7) is 5.68. The van der Waals surface area contributed by atoms with Crippen LogP contribution in [0.3, 0.4) is 0 Å². The molecule has 1 amide bonds. The van der Waals surface area contributed by atoms with Crippen molar-refractivity contribution in [2.45, 2.75) is 51.2 Å². The summed E-state index contributed by atoms with van der Waals surface area (Å²) in [6, 6.07) is 4.68. The van der Waals surface area contributed by atoms with Crippen molar-refractivity contribution in [2.24, 2.45) is 0 Å². The molecule has 1 aromatic heterocycles. The average Bonchev–Trinajstić information content (AvgIpc) is 2.76. The molecule has 0 aromatic carbocycles. The molecule has 0 saturated carbocycles. The molecule has 2 N–H and O–H groups in total. The molecule has 3 heterocycles. The number of rotatable bonds is 1. The van der Waals surface area contributed by atoms with Gasteiger partial charge < -0.3 is 9.88 Å². The van der Waals surface area contributed by atoms with Crippen LogP contribution in [-0.4, -0.2) is 22.6 Å². The van der Waals surface area contributed by atoms with Gasteiger partial charge >= 0.3 is 0 Å². The maximum Gasteiger partial charge on any atom is 0.239 e. The highest BCUT2D eigenvalue weighted by atomic mass is 16.2. The number of aromatic nitrogens is 1. The number of hydrogen-bond donors (Lipinski definition) is 2. The minimum absolute atomic E-state index is 0.0872. The zero-order valence-corrected chi connectivity index (χ0v) is 11.1. The van der Waals surface area contributed by atoms with Crippen molar-refractivity contribution < 1.29 is 4.79 Å². The van der Waals surface area contributed by atoms with E-state index in [0.29, 0.717) is 6.54 Å². The number of carbonyl (C=O) groups excluding carboxylic acids is 1. The van der Waals surface area contributed by atoms with E-state index in [1.54, 1.807) is 0 Å². The van der Waals surface area contributed by atoms with Crippen molar-refractivity contribution in [3.63, 3.8) is 0 Å². The van der Waals surface area contributed by atoms with E-state index in [1.807, 2.05) is 13.8 Å². The van der Waals surface area contributed by atoms with Crippen molar-refractivity contribution in [1.29, 1.82) is 0 Å². The van der Waals surface area contributed by atoms with Gasteiger partial charge in [-0.3, -0.25) is 10.1 Å². The Labute approximate surface area is 108 Å². The summed E-state index contributed by atoms with van der Waals surface area (Å²) in [6.07, 6.45) is 3.74. The first-order chi connectivity index (χ1) is 8.58. The Morgan fingerprint density at radius 1 is 1.33 bits per heavy atom. The molecule has 0 spiro atoms. The smallest absolute Gasteiger partial charge is 0.239 e. The summed E-state index contributed by atoms with van der Waals surface area (Å²) in [5.74, 6) is 0.0872. The van der Waals surface area contributed by atoms with E-state index < -0.39 is 5.54 Å². The Kier molecular flexibility index (Phi) is 2.70. The highest BCUT2D eigenvalue weighted by Crippen LogP contribution is 2.26. The van der Waals surface area contributed by atoms with Crippen LogP contribution in [0.1, 0.15) is 44.1 Å². The second kappa shape index (κ2) is 4.12. The first-order valence-corrected chi connectivity index (χ1v) is 6.82. The van der Waals surface area contributed by atoms with Gasteiger partial charge in [0.1, 0.15) is 0 Å². The van der Waals surface area contributed by atoms with Crippen LogP contribution < -0.4 is 10.6 Å². The predicted molar refractivity (Wildman–Crippen MR) is 70.3 cm³/mol. The van der Waals surface area contributed by atoms with Gasteiger partial charge in [0.2, 0.25) is 5.91 Å². The second-order valence-corrected chi connectivity index (χ2v) is 5.89. The molecule has 98 valence electrons. The number of hydrogen-bond acceptors (Lipinski definition) is 2. The maximum absolute atomic E-state index is 11.7. The highest BCUT2D eigenvalue weighted by molar-refractivity contribution is 5.86. The molecule has 1 aromatic rings. The lowest BCUT2D eigenvalue weighted by molar-refractivity contribution is -0.128. The summed E-state index contributed by atoms with van der Waals surface area (Å²) >= 11 is 0. The molecule has 1 unspecified atom stereocenters. The van der Waals surface area contributed by atoms with Gasteiger partial charge in [-0.1, -0.05) is 0 Å². The van der Waals surface area contributed by atoms with Crippen LogP contribution in [0.4, 0.5) is 0 Å². The third-order valence-electron chi connectivity index (χ3n) is 4.10. The third kappa shape index (κ3) is 1.85. The van der Waals surface area contributed by atoms with Gasteiger partial charge in [-0.25, -0.2) is 0 Å². The van der Waals surface area contributed by atoms with Crippen LogP contribution in [0.5, 0.6) is 0 Å². The molecule has 0 radical (unpaired) electrons. The van der Waals surface area contributed by atoms with Gasteiger partial charge in [0.25, 0.3) is 0 Å². The predicted octanol–water partition coefficient (Wildman–Crippen LogP) is 1.36. The van der Waals surface area contributed by atoms with Crippen molar-refractivity contribution in [3.8, 4) is 0 Å². The molecule has 1 saturated heterocycles. The minimum Gasteiger partial charge on any atom is -0.353 e. The van der Waals surface area contributed by atoms with E-state index >= 15 is 0 Å². The van der Waals surface area contributed by atoms with Crippen molar-refractivity contribution in [3.05, 3.63) is 23.5 Å². The Bertz CT molecular complexity index is 475. The highest BCUT2D eigenvalue weighted by Gasteiger charge is 2.36. The monoisotopic (exact) mass is 247 g/mol. The van der Waals surface area contributed by atoms with Crippen LogP contribution >= 0.6 is 0 Å². The first-order valence-electron chi connectivity index (χ1n) is 6.82. The van der Waals surface area contributed by atoms with Crippen molar-refractivity contribution in [2.75, 3.05) is 6.54 Å². The molecule has 1 fully saturated rings.